The van der Waals surface area contributed by atoms with Crippen molar-refractivity contribution < 1.29 is 5.11 Å². The predicted molar refractivity (Wildman–Crippen MR) is 162 cm³/mol. The van der Waals surface area contributed by atoms with Crippen molar-refractivity contribution in [2.75, 3.05) is 4.90 Å². The zero-order chi connectivity index (χ0) is 27.5. The van der Waals surface area contributed by atoms with Crippen LogP contribution in [0.3, 0.4) is 0 Å². The molecule has 0 saturated heterocycles. The van der Waals surface area contributed by atoms with E-state index in [9.17, 15) is 5.11 Å². The fraction of sp³-hybridized carbons (Fsp3) is 0.257. The van der Waals surface area contributed by atoms with E-state index in [1.165, 1.54) is 22.4 Å². The molecule has 1 aliphatic heterocycles. The molecule has 5 aromatic rings. The summed E-state index contributed by atoms with van der Waals surface area (Å²) in [7, 11) is 0. The zero-order valence-corrected chi connectivity index (χ0v) is 23.5. The molecule has 0 fully saturated rings. The van der Waals surface area contributed by atoms with Gasteiger partial charge in [-0.15, -0.1) is 0 Å². The minimum Gasteiger partial charge on any atom is -0.505 e. The molecule has 3 heterocycles. The Balaban J connectivity index is 1.58. The van der Waals surface area contributed by atoms with Gasteiger partial charge in [0, 0.05) is 22.6 Å². The van der Waals surface area contributed by atoms with Gasteiger partial charge < -0.3 is 5.11 Å². The van der Waals surface area contributed by atoms with Crippen LogP contribution < -0.4 is 4.90 Å². The molecule has 0 atom stereocenters. The number of benzene rings is 3. The van der Waals surface area contributed by atoms with E-state index in [1.54, 1.807) is 0 Å². The summed E-state index contributed by atoms with van der Waals surface area (Å²) in [6.07, 6.45) is 1.85. The maximum Gasteiger partial charge on any atom is 0.145 e. The van der Waals surface area contributed by atoms with Gasteiger partial charge in [-0.3, -0.25) is 4.90 Å². The molecule has 196 valence electrons. The molecule has 1 aliphatic rings. The molecule has 39 heavy (non-hydrogen) atoms. The number of anilines is 3. The maximum atomic E-state index is 11.0. The van der Waals surface area contributed by atoms with Gasteiger partial charge >= 0.3 is 0 Å². The van der Waals surface area contributed by atoms with E-state index in [-0.39, 0.29) is 17.1 Å². The molecule has 3 aromatic carbocycles. The van der Waals surface area contributed by atoms with Crippen molar-refractivity contribution in [3.8, 4) is 17.0 Å². The SMILES string of the molecule is CC(C)c1ccc2c(c1)N(c1ccccn1)c1cc(-c3ccc4ccc(C(C)C)c(O)c4n3)ccc1C2(C)C. The Kier molecular flexibility index (Phi) is 5.95. The van der Waals surface area contributed by atoms with E-state index in [4.69, 9.17) is 9.97 Å². The summed E-state index contributed by atoms with van der Waals surface area (Å²) >= 11 is 0. The lowest BCUT2D eigenvalue weighted by Crippen LogP contribution is -2.31. The van der Waals surface area contributed by atoms with E-state index in [2.05, 4.69) is 88.9 Å². The van der Waals surface area contributed by atoms with E-state index in [0.29, 0.717) is 11.4 Å². The van der Waals surface area contributed by atoms with Crippen molar-refractivity contribution in [1.29, 1.82) is 0 Å². The number of phenols is 1. The molecule has 6 rings (SSSR count). The number of rotatable bonds is 4. The molecule has 1 N–H and O–H groups in total. The Bertz CT molecular complexity index is 1700. The number of nitrogens with zero attached hydrogens (tertiary/aromatic N) is 3. The minimum atomic E-state index is -0.189. The Morgan fingerprint density at radius 2 is 1.49 bits per heavy atom. The Labute approximate surface area is 231 Å². The van der Waals surface area contributed by atoms with Gasteiger partial charge in [0.15, 0.2) is 0 Å². The van der Waals surface area contributed by atoms with Gasteiger partial charge in [-0.2, -0.15) is 0 Å². The number of hydrogen-bond acceptors (Lipinski definition) is 4. The molecule has 0 bridgehead atoms. The minimum absolute atomic E-state index is 0.189. The number of aromatic nitrogens is 2. The number of hydrogen-bond donors (Lipinski definition) is 1. The van der Waals surface area contributed by atoms with Crippen LogP contribution in [0.25, 0.3) is 22.2 Å². The third kappa shape index (κ3) is 4.06. The van der Waals surface area contributed by atoms with Gasteiger partial charge in [0.2, 0.25) is 0 Å². The fourth-order valence-corrected chi connectivity index (χ4v) is 5.85. The van der Waals surface area contributed by atoms with Crippen LogP contribution in [0.1, 0.15) is 75.6 Å². The number of aromatic hydroxyl groups is 1. The summed E-state index contributed by atoms with van der Waals surface area (Å²) in [5.74, 6) is 1.79. The van der Waals surface area contributed by atoms with Gasteiger partial charge in [-0.25, -0.2) is 9.97 Å². The summed E-state index contributed by atoms with van der Waals surface area (Å²) in [5.41, 5.74) is 9.31. The lowest BCUT2D eigenvalue weighted by Gasteiger charge is -2.42. The Morgan fingerprint density at radius 3 is 2.18 bits per heavy atom. The molecule has 0 radical (unpaired) electrons. The third-order valence-electron chi connectivity index (χ3n) is 8.18. The maximum absolute atomic E-state index is 11.0. The second kappa shape index (κ2) is 9.23. The average Bonchev–Trinajstić information content (AvgIpc) is 2.93. The number of pyridine rings is 2. The van der Waals surface area contributed by atoms with Crippen LogP contribution in [0, 0.1) is 0 Å². The molecule has 0 aliphatic carbocycles. The van der Waals surface area contributed by atoms with Crippen molar-refractivity contribution in [3.63, 3.8) is 0 Å². The molecular formula is C35H35N3O. The predicted octanol–water partition coefficient (Wildman–Crippen LogP) is 9.36. The highest BCUT2D eigenvalue weighted by Gasteiger charge is 2.37. The van der Waals surface area contributed by atoms with Gasteiger partial charge in [-0.05, 0) is 64.4 Å². The number of fused-ring (bicyclic) bond motifs is 3. The molecule has 0 unspecified atom stereocenters. The van der Waals surface area contributed by atoms with Crippen molar-refractivity contribution >= 4 is 28.1 Å². The standard InChI is InChI=1S/C35H35N3O/c1-21(2)24-11-15-27-30(19-24)38(32-9-7-8-18-36-32)31-20-25(12-16-28(31)35(27,5)6)29-17-13-23-10-14-26(22(3)4)34(39)33(23)37-29/h7-22,39H,1-6H3. The summed E-state index contributed by atoms with van der Waals surface area (Å²) < 4.78 is 0. The monoisotopic (exact) mass is 513 g/mol. The van der Waals surface area contributed by atoms with Crippen molar-refractivity contribution in [2.24, 2.45) is 0 Å². The lowest BCUT2D eigenvalue weighted by atomic mass is 9.72. The van der Waals surface area contributed by atoms with Gasteiger partial charge in [-0.1, -0.05) is 90.1 Å². The smallest absolute Gasteiger partial charge is 0.145 e. The number of phenolic OH excluding ortho intramolecular Hbond substituents is 1. The Morgan fingerprint density at radius 1 is 0.769 bits per heavy atom. The van der Waals surface area contributed by atoms with Crippen molar-refractivity contribution in [2.45, 2.75) is 58.8 Å². The van der Waals surface area contributed by atoms with Crippen LogP contribution in [-0.2, 0) is 5.41 Å². The topological polar surface area (TPSA) is 49.2 Å². The van der Waals surface area contributed by atoms with Gasteiger partial charge in [0.1, 0.15) is 17.1 Å². The van der Waals surface area contributed by atoms with Crippen LogP contribution in [0.4, 0.5) is 17.2 Å². The largest absolute Gasteiger partial charge is 0.505 e. The highest BCUT2D eigenvalue weighted by Crippen LogP contribution is 2.52. The first-order valence-electron chi connectivity index (χ1n) is 13.8. The zero-order valence-electron chi connectivity index (χ0n) is 23.5. The molecule has 0 saturated carbocycles. The molecule has 0 spiro atoms. The molecule has 4 heteroatoms. The first kappa shape index (κ1) is 25.1. The summed E-state index contributed by atoms with van der Waals surface area (Å²) in [5, 5.41) is 12.0. The van der Waals surface area contributed by atoms with Crippen LogP contribution >= 0.6 is 0 Å². The molecular weight excluding hydrogens is 478 g/mol. The molecule has 0 amide bonds. The van der Waals surface area contributed by atoms with E-state index < -0.39 is 0 Å². The molecule has 4 nitrogen and oxygen atoms in total. The van der Waals surface area contributed by atoms with Crippen molar-refractivity contribution in [1.82, 2.24) is 9.97 Å². The van der Waals surface area contributed by atoms with Crippen LogP contribution in [-0.4, -0.2) is 15.1 Å². The third-order valence-corrected chi connectivity index (χ3v) is 8.18. The highest BCUT2D eigenvalue weighted by atomic mass is 16.3. The van der Waals surface area contributed by atoms with Crippen LogP contribution in [0.15, 0.2) is 85.1 Å². The summed E-state index contributed by atoms with van der Waals surface area (Å²) in [6.45, 7) is 13.2. The van der Waals surface area contributed by atoms with Gasteiger partial charge in [0.05, 0.1) is 17.1 Å². The first-order chi connectivity index (χ1) is 18.7. The van der Waals surface area contributed by atoms with E-state index in [0.717, 1.165) is 33.7 Å². The van der Waals surface area contributed by atoms with E-state index in [1.807, 2.05) is 42.6 Å². The summed E-state index contributed by atoms with van der Waals surface area (Å²) in [4.78, 5) is 12.0. The normalized spacial score (nSPS) is 14.1. The van der Waals surface area contributed by atoms with Crippen LogP contribution in [0.2, 0.25) is 0 Å². The first-order valence-corrected chi connectivity index (χ1v) is 13.8. The second-order valence-electron chi connectivity index (χ2n) is 11.7. The average molecular weight is 514 g/mol. The van der Waals surface area contributed by atoms with Crippen molar-refractivity contribution in [3.05, 3.63) is 107 Å². The second-order valence-corrected chi connectivity index (χ2v) is 11.7. The summed E-state index contributed by atoms with van der Waals surface area (Å²) in [6, 6.07) is 27.7. The molecule has 2 aromatic heterocycles. The van der Waals surface area contributed by atoms with Crippen LogP contribution in [0.5, 0.6) is 5.75 Å². The Hall–Kier alpha value is -4.18. The quantitative estimate of drug-likeness (QED) is 0.260. The van der Waals surface area contributed by atoms with Gasteiger partial charge in [0.25, 0.3) is 0 Å². The lowest BCUT2D eigenvalue weighted by molar-refractivity contribution is 0.470. The fourth-order valence-electron chi connectivity index (χ4n) is 5.85. The van der Waals surface area contributed by atoms with E-state index >= 15 is 0 Å². The highest BCUT2D eigenvalue weighted by molar-refractivity contribution is 5.90.